The Labute approximate surface area is 263 Å². The summed E-state index contributed by atoms with van der Waals surface area (Å²) in [5, 5.41) is 3.11. The number of ketones is 2. The van der Waals surface area contributed by atoms with Crippen LogP contribution in [0.2, 0.25) is 0 Å². The van der Waals surface area contributed by atoms with Crippen LogP contribution >= 0.6 is 0 Å². The molecule has 1 saturated heterocycles. The number of benzene rings is 4. The van der Waals surface area contributed by atoms with Gasteiger partial charge in [0.15, 0.2) is 11.6 Å². The quantitative estimate of drug-likeness (QED) is 0.215. The standard InChI is InChI=1S/C39H36N2O4/c1-4-9-25-14-16-27(17-15-25)35(42)33-34(36(43)28-18-20-29(21-19-28)45-24(2)3)41-23-22-26-10-5-6-11-30(26)37(41)39(33)31-12-7-8-13-32(31)40-38(39)44/h5-8,10-24,33-34,37H,4,9H2,1-3H3,(H,40,44)/t33-,34+,37-,39-/m1/s1. The number of Topliss-reactive ketones (excluding diaryl/α,β-unsaturated/α-hetero) is 2. The first-order valence-corrected chi connectivity index (χ1v) is 15.7. The van der Waals surface area contributed by atoms with E-state index in [1.807, 2.05) is 104 Å². The zero-order valence-corrected chi connectivity index (χ0v) is 25.7. The summed E-state index contributed by atoms with van der Waals surface area (Å²) in [6.07, 6.45) is 5.78. The predicted octanol–water partition coefficient (Wildman–Crippen LogP) is 7.41. The summed E-state index contributed by atoms with van der Waals surface area (Å²) in [7, 11) is 0. The fraction of sp³-hybridized carbons (Fsp3) is 0.256. The summed E-state index contributed by atoms with van der Waals surface area (Å²) < 4.78 is 5.83. The highest BCUT2D eigenvalue weighted by molar-refractivity contribution is 6.16. The Hall–Kier alpha value is -4.97. The van der Waals surface area contributed by atoms with Crippen molar-refractivity contribution in [1.82, 2.24) is 4.90 Å². The lowest BCUT2D eigenvalue weighted by molar-refractivity contribution is -0.122. The van der Waals surface area contributed by atoms with Crippen LogP contribution in [-0.2, 0) is 16.6 Å². The lowest BCUT2D eigenvalue weighted by atomic mass is 9.62. The molecule has 0 saturated carbocycles. The number of anilines is 1. The summed E-state index contributed by atoms with van der Waals surface area (Å²) in [4.78, 5) is 46.4. The van der Waals surface area contributed by atoms with E-state index in [2.05, 4.69) is 12.2 Å². The molecule has 0 aliphatic carbocycles. The molecule has 3 aliphatic heterocycles. The van der Waals surface area contributed by atoms with Crippen LogP contribution < -0.4 is 10.1 Å². The van der Waals surface area contributed by atoms with E-state index in [9.17, 15) is 9.59 Å². The minimum atomic E-state index is -1.35. The minimum absolute atomic E-state index is 0.00720. The van der Waals surface area contributed by atoms with Crippen molar-refractivity contribution in [1.29, 1.82) is 0 Å². The number of para-hydroxylation sites is 1. The predicted molar refractivity (Wildman–Crippen MR) is 175 cm³/mol. The van der Waals surface area contributed by atoms with E-state index < -0.39 is 23.4 Å². The number of hydrogen-bond acceptors (Lipinski definition) is 5. The van der Waals surface area contributed by atoms with Gasteiger partial charge in [-0.25, -0.2) is 0 Å². The minimum Gasteiger partial charge on any atom is -0.491 e. The SMILES string of the molecule is CCCc1ccc(C(=O)[C@H]2[C@@H](C(=O)c3ccc(OC(C)C)cc3)N3C=Cc4ccccc4[C@@H]3[C@]23C(=O)Nc2ccccc23)cc1. The van der Waals surface area contributed by atoms with Crippen LogP contribution in [0, 0.1) is 5.92 Å². The monoisotopic (exact) mass is 596 g/mol. The normalized spacial score (nSPS) is 22.6. The van der Waals surface area contributed by atoms with Crippen molar-refractivity contribution >= 4 is 29.2 Å². The maximum absolute atomic E-state index is 15.0. The van der Waals surface area contributed by atoms with Gasteiger partial charge in [0, 0.05) is 23.0 Å². The lowest BCUT2D eigenvalue weighted by Gasteiger charge is -2.38. The summed E-state index contributed by atoms with van der Waals surface area (Å²) in [5.41, 5.74) is 4.05. The fourth-order valence-corrected chi connectivity index (χ4v) is 7.61. The molecular formula is C39H36N2O4. The number of fused-ring (bicyclic) bond motifs is 6. The molecule has 1 spiro atoms. The Morgan fingerprint density at radius 3 is 2.27 bits per heavy atom. The van der Waals surface area contributed by atoms with Gasteiger partial charge in [0.2, 0.25) is 5.91 Å². The molecule has 4 aromatic carbocycles. The lowest BCUT2D eigenvalue weighted by Crippen LogP contribution is -2.49. The Balaban J connectivity index is 1.45. The molecule has 0 radical (unpaired) electrons. The van der Waals surface area contributed by atoms with Gasteiger partial charge in [-0.1, -0.05) is 80.1 Å². The van der Waals surface area contributed by atoms with Gasteiger partial charge < -0.3 is 15.0 Å². The molecule has 1 fully saturated rings. The molecule has 45 heavy (non-hydrogen) atoms. The second kappa shape index (κ2) is 11.2. The zero-order chi connectivity index (χ0) is 31.3. The molecule has 3 aliphatic rings. The van der Waals surface area contributed by atoms with E-state index in [0.717, 1.165) is 35.1 Å². The van der Waals surface area contributed by atoms with Gasteiger partial charge in [0.25, 0.3) is 0 Å². The number of amides is 1. The number of carbonyl (C=O) groups is 3. The average molecular weight is 597 g/mol. The van der Waals surface area contributed by atoms with Gasteiger partial charge >= 0.3 is 0 Å². The Bertz CT molecular complexity index is 1820. The first kappa shape index (κ1) is 28.8. The number of hydrogen-bond donors (Lipinski definition) is 1. The maximum atomic E-state index is 15.0. The molecule has 6 heteroatoms. The number of carbonyl (C=O) groups excluding carboxylic acids is 3. The third-order valence-electron chi connectivity index (χ3n) is 9.41. The highest BCUT2D eigenvalue weighted by Crippen LogP contribution is 2.62. The van der Waals surface area contributed by atoms with Crippen molar-refractivity contribution in [3.63, 3.8) is 0 Å². The average Bonchev–Trinajstić information content (AvgIpc) is 3.53. The van der Waals surface area contributed by atoms with Gasteiger partial charge in [0.05, 0.1) is 18.1 Å². The Morgan fingerprint density at radius 2 is 1.53 bits per heavy atom. The van der Waals surface area contributed by atoms with Crippen molar-refractivity contribution in [3.05, 3.63) is 137 Å². The first-order chi connectivity index (χ1) is 21.8. The van der Waals surface area contributed by atoms with Crippen molar-refractivity contribution in [2.75, 3.05) is 5.32 Å². The number of aryl methyl sites for hydroxylation is 1. The van der Waals surface area contributed by atoms with E-state index in [4.69, 9.17) is 4.74 Å². The van der Waals surface area contributed by atoms with Crippen LogP contribution in [0.15, 0.2) is 103 Å². The Kier molecular flexibility index (Phi) is 7.16. The van der Waals surface area contributed by atoms with E-state index in [1.165, 1.54) is 0 Å². The van der Waals surface area contributed by atoms with E-state index >= 15 is 4.79 Å². The summed E-state index contributed by atoms with van der Waals surface area (Å²) in [6, 6.07) is 28.8. The molecule has 0 aromatic heterocycles. The van der Waals surface area contributed by atoms with E-state index in [1.54, 1.807) is 24.3 Å². The van der Waals surface area contributed by atoms with Crippen LogP contribution in [-0.4, -0.2) is 34.5 Å². The van der Waals surface area contributed by atoms with E-state index in [0.29, 0.717) is 22.6 Å². The third kappa shape index (κ3) is 4.50. The molecule has 3 heterocycles. The van der Waals surface area contributed by atoms with Crippen LogP contribution in [0.4, 0.5) is 5.69 Å². The largest absolute Gasteiger partial charge is 0.491 e. The number of nitrogens with zero attached hydrogens (tertiary/aromatic N) is 1. The molecule has 1 amide bonds. The Morgan fingerprint density at radius 1 is 0.867 bits per heavy atom. The second-order valence-corrected chi connectivity index (χ2v) is 12.5. The maximum Gasteiger partial charge on any atom is 0.238 e. The fourth-order valence-electron chi connectivity index (χ4n) is 7.61. The molecular weight excluding hydrogens is 560 g/mol. The molecule has 1 N–H and O–H groups in total. The van der Waals surface area contributed by atoms with Crippen LogP contribution in [0.5, 0.6) is 5.75 Å². The molecule has 0 bridgehead atoms. The van der Waals surface area contributed by atoms with Crippen LogP contribution in [0.3, 0.4) is 0 Å². The number of rotatable bonds is 8. The van der Waals surface area contributed by atoms with E-state index in [-0.39, 0.29) is 23.6 Å². The zero-order valence-electron chi connectivity index (χ0n) is 25.7. The molecule has 226 valence electrons. The van der Waals surface area contributed by atoms with Crippen molar-refractivity contribution < 1.29 is 19.1 Å². The smallest absolute Gasteiger partial charge is 0.238 e. The summed E-state index contributed by atoms with van der Waals surface area (Å²) in [6.45, 7) is 6.02. The van der Waals surface area contributed by atoms with Crippen molar-refractivity contribution in [2.24, 2.45) is 5.92 Å². The summed E-state index contributed by atoms with van der Waals surface area (Å²) >= 11 is 0. The van der Waals surface area contributed by atoms with Gasteiger partial charge in [-0.2, -0.15) is 0 Å². The molecule has 4 aromatic rings. The van der Waals surface area contributed by atoms with Crippen LogP contribution in [0.25, 0.3) is 6.08 Å². The van der Waals surface area contributed by atoms with Gasteiger partial charge in [-0.3, -0.25) is 14.4 Å². The summed E-state index contributed by atoms with van der Waals surface area (Å²) in [5.74, 6) is -1.03. The van der Waals surface area contributed by atoms with Gasteiger partial charge in [-0.05, 0) is 78.9 Å². The van der Waals surface area contributed by atoms with Gasteiger partial charge in [0.1, 0.15) is 17.2 Å². The van der Waals surface area contributed by atoms with Gasteiger partial charge in [-0.15, -0.1) is 0 Å². The highest BCUT2D eigenvalue weighted by atomic mass is 16.5. The number of ether oxygens (including phenoxy) is 1. The topological polar surface area (TPSA) is 75.7 Å². The molecule has 0 unspecified atom stereocenters. The van der Waals surface area contributed by atoms with Crippen molar-refractivity contribution in [3.8, 4) is 5.75 Å². The van der Waals surface area contributed by atoms with Crippen molar-refractivity contribution in [2.45, 2.75) is 57.2 Å². The van der Waals surface area contributed by atoms with Crippen LogP contribution in [0.1, 0.15) is 76.2 Å². The highest BCUT2D eigenvalue weighted by Gasteiger charge is 2.70. The second-order valence-electron chi connectivity index (χ2n) is 12.5. The molecule has 7 rings (SSSR count). The third-order valence-corrected chi connectivity index (χ3v) is 9.41. The molecule has 4 atom stereocenters. The molecule has 6 nitrogen and oxygen atoms in total. The number of nitrogens with one attached hydrogen (secondary N) is 1. The first-order valence-electron chi connectivity index (χ1n) is 15.7.